The molecule has 1 saturated carbocycles. The standard InChI is InChI=1S/C39H50FN3O4/c1-24-17-27(44)21-38(3,4)31(24)9-7-8-10-32-25(2)18-28(22-39(32,5)6)47-37(46)30-23-43(26-11-12-26)34-20-35(42-15-13-41-14-16-42)33(40)19-29(34)36(30)45/h7-10,19-20,23,26-28,41,44H,11-18,21-22H2,1-6H3/t27-,28-/m1/s1. The van der Waals surface area contributed by atoms with Crippen molar-refractivity contribution in [3.05, 3.63) is 86.5 Å². The normalized spacial score (nSPS) is 25.0. The van der Waals surface area contributed by atoms with Gasteiger partial charge in [0.25, 0.3) is 0 Å². The largest absolute Gasteiger partial charge is 0.458 e. The predicted octanol–water partition coefficient (Wildman–Crippen LogP) is 7.16. The Morgan fingerprint density at radius 2 is 1.60 bits per heavy atom. The molecule has 0 spiro atoms. The van der Waals surface area contributed by atoms with Gasteiger partial charge in [-0.05, 0) is 80.1 Å². The Balaban J connectivity index is 1.21. The number of benzene rings is 1. The molecule has 1 aromatic heterocycles. The number of esters is 1. The smallest absolute Gasteiger partial charge is 0.343 e. The van der Waals surface area contributed by atoms with E-state index in [1.165, 1.54) is 22.8 Å². The van der Waals surface area contributed by atoms with Crippen LogP contribution in [0.5, 0.6) is 0 Å². The topological polar surface area (TPSA) is 83.8 Å². The number of aromatic nitrogens is 1. The first-order valence-electron chi connectivity index (χ1n) is 17.2. The molecule has 0 radical (unpaired) electrons. The van der Waals surface area contributed by atoms with Crippen LogP contribution < -0.4 is 15.6 Å². The van der Waals surface area contributed by atoms with Crippen molar-refractivity contribution < 1.29 is 19.0 Å². The Bertz CT molecular complexity index is 1750. The zero-order valence-corrected chi connectivity index (χ0v) is 28.8. The highest BCUT2D eigenvalue weighted by Crippen LogP contribution is 2.43. The minimum atomic E-state index is -0.641. The Labute approximate surface area is 277 Å². The van der Waals surface area contributed by atoms with Crippen LogP contribution in [0.25, 0.3) is 10.9 Å². The number of rotatable bonds is 7. The Kier molecular flexibility index (Phi) is 9.13. The summed E-state index contributed by atoms with van der Waals surface area (Å²) in [6.45, 7) is 15.8. The highest BCUT2D eigenvalue weighted by Gasteiger charge is 2.36. The molecule has 8 heteroatoms. The minimum Gasteiger partial charge on any atom is -0.458 e. The van der Waals surface area contributed by atoms with Gasteiger partial charge in [-0.3, -0.25) is 4.79 Å². The number of aliphatic hydroxyl groups excluding tert-OH is 1. The number of halogens is 1. The van der Waals surface area contributed by atoms with Gasteiger partial charge in [0, 0.05) is 50.2 Å². The number of ether oxygens (including phenoxy) is 1. The summed E-state index contributed by atoms with van der Waals surface area (Å²) >= 11 is 0. The van der Waals surface area contributed by atoms with Crippen molar-refractivity contribution in [3.8, 4) is 0 Å². The summed E-state index contributed by atoms with van der Waals surface area (Å²) < 4.78 is 23.5. The van der Waals surface area contributed by atoms with Crippen LogP contribution in [-0.2, 0) is 4.74 Å². The molecule has 1 saturated heterocycles. The van der Waals surface area contributed by atoms with E-state index in [-0.39, 0.29) is 40.0 Å². The summed E-state index contributed by atoms with van der Waals surface area (Å²) in [7, 11) is 0. The van der Waals surface area contributed by atoms with E-state index < -0.39 is 17.2 Å². The number of carbonyl (C=O) groups excluding carboxylic acids is 1. The fraction of sp³-hybridized carbons (Fsp3) is 0.538. The molecule has 0 unspecified atom stereocenters. The lowest BCUT2D eigenvalue weighted by molar-refractivity contribution is 0.0187. The number of hydrogen-bond acceptors (Lipinski definition) is 6. The van der Waals surface area contributed by atoms with Gasteiger partial charge >= 0.3 is 5.97 Å². The van der Waals surface area contributed by atoms with Crippen LogP contribution in [0.3, 0.4) is 0 Å². The number of piperazine rings is 1. The van der Waals surface area contributed by atoms with Gasteiger partial charge in [0.1, 0.15) is 17.5 Å². The maximum absolute atomic E-state index is 15.4. The van der Waals surface area contributed by atoms with Crippen LogP contribution in [0.2, 0.25) is 0 Å². The maximum atomic E-state index is 15.4. The molecule has 4 aliphatic rings. The number of anilines is 1. The van der Waals surface area contributed by atoms with E-state index >= 15 is 4.39 Å². The van der Waals surface area contributed by atoms with E-state index in [1.807, 2.05) is 9.47 Å². The molecule has 0 bridgehead atoms. The van der Waals surface area contributed by atoms with Crippen molar-refractivity contribution >= 4 is 22.6 Å². The molecule has 1 aromatic carbocycles. The molecule has 47 heavy (non-hydrogen) atoms. The molecule has 6 rings (SSSR count). The van der Waals surface area contributed by atoms with Gasteiger partial charge in [0.2, 0.25) is 5.43 Å². The number of aliphatic hydroxyl groups is 1. The van der Waals surface area contributed by atoms with E-state index in [9.17, 15) is 14.7 Å². The van der Waals surface area contributed by atoms with Crippen molar-refractivity contribution in [2.45, 2.75) is 98.3 Å². The van der Waals surface area contributed by atoms with Gasteiger partial charge in [-0.25, -0.2) is 9.18 Å². The Morgan fingerprint density at radius 1 is 0.979 bits per heavy atom. The molecule has 7 nitrogen and oxygen atoms in total. The summed E-state index contributed by atoms with van der Waals surface area (Å²) in [5.41, 5.74) is 5.22. The van der Waals surface area contributed by atoms with Gasteiger partial charge in [-0.2, -0.15) is 0 Å². The summed E-state index contributed by atoms with van der Waals surface area (Å²) in [5.74, 6) is -1.08. The van der Waals surface area contributed by atoms with Gasteiger partial charge in [-0.1, -0.05) is 63.1 Å². The number of allylic oxidation sites excluding steroid dienone is 6. The third-order valence-corrected chi connectivity index (χ3v) is 10.6. The number of nitrogens with zero attached hydrogens (tertiary/aromatic N) is 2. The minimum absolute atomic E-state index is 0.0308. The maximum Gasteiger partial charge on any atom is 0.343 e. The van der Waals surface area contributed by atoms with Crippen LogP contribution in [-0.4, -0.2) is 54.0 Å². The fourth-order valence-electron chi connectivity index (χ4n) is 8.24. The number of carbonyl (C=O) groups is 1. The lowest BCUT2D eigenvalue weighted by Gasteiger charge is -2.37. The summed E-state index contributed by atoms with van der Waals surface area (Å²) in [6, 6.07) is 3.28. The second kappa shape index (κ2) is 12.8. The summed E-state index contributed by atoms with van der Waals surface area (Å²) in [4.78, 5) is 29.3. The third kappa shape index (κ3) is 6.91. The lowest BCUT2D eigenvalue weighted by atomic mass is 9.71. The van der Waals surface area contributed by atoms with Crippen molar-refractivity contribution in [2.24, 2.45) is 10.8 Å². The summed E-state index contributed by atoms with van der Waals surface area (Å²) in [6.07, 6.45) is 14.1. The van der Waals surface area contributed by atoms with Crippen LogP contribution in [0, 0.1) is 16.6 Å². The zero-order valence-electron chi connectivity index (χ0n) is 28.8. The molecule has 2 atom stereocenters. The number of hydrogen-bond donors (Lipinski definition) is 2. The molecular weight excluding hydrogens is 593 g/mol. The highest BCUT2D eigenvalue weighted by molar-refractivity contribution is 5.95. The Morgan fingerprint density at radius 3 is 2.19 bits per heavy atom. The summed E-state index contributed by atoms with van der Waals surface area (Å²) in [5, 5.41) is 13.7. The van der Waals surface area contributed by atoms with Gasteiger partial charge in [0.15, 0.2) is 0 Å². The molecular formula is C39H50FN3O4. The molecule has 2 aromatic rings. The van der Waals surface area contributed by atoms with Crippen LogP contribution in [0.4, 0.5) is 10.1 Å². The molecule has 2 N–H and O–H groups in total. The van der Waals surface area contributed by atoms with Crippen molar-refractivity contribution in [1.29, 1.82) is 0 Å². The first-order chi connectivity index (χ1) is 22.2. The van der Waals surface area contributed by atoms with Gasteiger partial charge < -0.3 is 24.6 Å². The van der Waals surface area contributed by atoms with Gasteiger partial charge in [-0.15, -0.1) is 0 Å². The fourth-order valence-corrected chi connectivity index (χ4v) is 8.24. The molecule has 1 aliphatic heterocycles. The van der Waals surface area contributed by atoms with E-state index in [0.717, 1.165) is 37.9 Å². The first-order valence-corrected chi connectivity index (χ1v) is 17.2. The second-order valence-electron chi connectivity index (χ2n) is 15.4. The molecule has 2 fully saturated rings. The van der Waals surface area contributed by atoms with E-state index in [1.54, 1.807) is 12.3 Å². The number of pyridine rings is 1. The van der Waals surface area contributed by atoms with Crippen LogP contribution >= 0.6 is 0 Å². The van der Waals surface area contributed by atoms with E-state index in [4.69, 9.17) is 4.74 Å². The van der Waals surface area contributed by atoms with E-state index in [0.29, 0.717) is 43.6 Å². The van der Waals surface area contributed by atoms with Crippen molar-refractivity contribution in [1.82, 2.24) is 9.88 Å². The third-order valence-electron chi connectivity index (χ3n) is 10.6. The second-order valence-corrected chi connectivity index (χ2v) is 15.4. The lowest BCUT2D eigenvalue weighted by Crippen LogP contribution is -2.43. The van der Waals surface area contributed by atoms with Crippen molar-refractivity contribution in [2.75, 3.05) is 31.1 Å². The van der Waals surface area contributed by atoms with E-state index in [2.05, 4.69) is 71.2 Å². The first kappa shape index (κ1) is 33.4. The number of nitrogens with one attached hydrogen (secondary N) is 1. The predicted molar refractivity (Wildman–Crippen MR) is 186 cm³/mol. The zero-order chi connectivity index (χ0) is 33.7. The molecule has 252 valence electrons. The highest BCUT2D eigenvalue weighted by atomic mass is 19.1. The molecule has 2 heterocycles. The molecule has 0 amide bonds. The monoisotopic (exact) mass is 643 g/mol. The Hall–Kier alpha value is -3.49. The molecule has 3 aliphatic carbocycles. The van der Waals surface area contributed by atoms with Crippen LogP contribution in [0.1, 0.15) is 96.5 Å². The SMILES string of the molecule is CC1=C(C=CC=CC2=C(C)C[C@@H](OC(=O)c3cn(C4CC4)c4cc(N5CCNCC5)c(F)cc4c3=O)CC2(C)C)C(C)(C)C[C@H](O)C1. The average molecular weight is 644 g/mol. The van der Waals surface area contributed by atoms with Gasteiger partial charge in [0.05, 0.1) is 17.3 Å². The quantitative estimate of drug-likeness (QED) is 0.246. The average Bonchev–Trinajstić information content (AvgIpc) is 3.83. The van der Waals surface area contributed by atoms with Crippen LogP contribution in [0.15, 0.2) is 69.7 Å². The number of fused-ring (bicyclic) bond motifs is 1. The van der Waals surface area contributed by atoms with Crippen molar-refractivity contribution in [3.63, 3.8) is 0 Å².